The number of hydrogen-bond acceptors (Lipinski definition) is 2. The van der Waals surface area contributed by atoms with Gasteiger partial charge in [-0.25, -0.2) is 0 Å². The van der Waals surface area contributed by atoms with Gasteiger partial charge in [-0.2, -0.15) is 0 Å². The van der Waals surface area contributed by atoms with Crippen molar-refractivity contribution < 1.29 is 24.2 Å². The number of halogens is 2. The predicted octanol–water partition coefficient (Wildman–Crippen LogP) is 6.74. The standard InChI is InChI=1S/2C8H17O.2ClH.Hf/c2*1-3-5-6-8(4-2)7-9;;;/h2*8H,3-7H2,1-2H3;2*1H;/q2*-1;;;+4/p-2. The first-order chi connectivity index (χ1) is 9.99. The van der Waals surface area contributed by atoms with Crippen LogP contribution in [0.2, 0.25) is 0 Å². The average molecular weight is 508 g/mol. The molecule has 0 aromatic rings. The average Bonchev–Trinajstić information content (AvgIpc) is 2.47. The summed E-state index contributed by atoms with van der Waals surface area (Å²) in [6.45, 7) is 10.1. The maximum absolute atomic E-state index is 6.35. The molecular weight excluding hydrogens is 474 g/mol. The summed E-state index contributed by atoms with van der Waals surface area (Å²) in [6.07, 6.45) is 9.55. The van der Waals surface area contributed by atoms with Gasteiger partial charge in [0, 0.05) is 0 Å². The Balaban J connectivity index is 4.04. The van der Waals surface area contributed by atoms with E-state index in [4.69, 9.17) is 22.9 Å². The van der Waals surface area contributed by atoms with Crippen LogP contribution in [-0.2, 0) is 24.2 Å². The van der Waals surface area contributed by atoms with Crippen molar-refractivity contribution in [2.24, 2.45) is 11.8 Å². The third-order valence-electron chi connectivity index (χ3n) is 4.06. The summed E-state index contributed by atoms with van der Waals surface area (Å²) >= 11 is -3.89. The number of hydrogen-bond donors (Lipinski definition) is 0. The second kappa shape index (κ2) is 13.8. The topological polar surface area (TPSA) is 18.5 Å². The summed E-state index contributed by atoms with van der Waals surface area (Å²) < 4.78 is 11.6. The molecule has 2 unspecified atom stereocenters. The van der Waals surface area contributed by atoms with Crippen LogP contribution in [0.15, 0.2) is 0 Å². The summed E-state index contributed by atoms with van der Waals surface area (Å²) in [5.74, 6) is 1.12. The first-order valence-corrected chi connectivity index (χ1v) is 20.5. The van der Waals surface area contributed by atoms with Crippen molar-refractivity contribution in [3.8, 4) is 0 Å². The molecule has 0 fully saturated rings. The Morgan fingerprint density at radius 1 is 0.762 bits per heavy atom. The Morgan fingerprint density at radius 2 is 1.14 bits per heavy atom. The molecule has 2 atom stereocenters. The molecule has 0 radical (unpaired) electrons. The Hall–Kier alpha value is 1.37. The van der Waals surface area contributed by atoms with Gasteiger partial charge in [0.2, 0.25) is 0 Å². The van der Waals surface area contributed by atoms with Gasteiger partial charge in [0.1, 0.15) is 0 Å². The molecule has 0 aliphatic carbocycles. The molecule has 21 heavy (non-hydrogen) atoms. The first-order valence-electron chi connectivity index (χ1n) is 8.64. The van der Waals surface area contributed by atoms with Gasteiger partial charge in [0.05, 0.1) is 0 Å². The van der Waals surface area contributed by atoms with Gasteiger partial charge in [-0.3, -0.25) is 0 Å². The van der Waals surface area contributed by atoms with Gasteiger partial charge in [0.15, 0.2) is 0 Å². The summed E-state index contributed by atoms with van der Waals surface area (Å²) in [6, 6.07) is 0. The van der Waals surface area contributed by atoms with Crippen molar-refractivity contribution in [3.05, 3.63) is 0 Å². The van der Waals surface area contributed by atoms with E-state index in [-0.39, 0.29) is 0 Å². The van der Waals surface area contributed by atoms with Crippen molar-refractivity contribution in [2.45, 2.75) is 79.1 Å². The second-order valence-electron chi connectivity index (χ2n) is 5.92. The van der Waals surface area contributed by atoms with E-state index in [2.05, 4.69) is 27.7 Å². The molecule has 128 valence electrons. The van der Waals surface area contributed by atoms with E-state index in [0.29, 0.717) is 25.0 Å². The number of rotatable bonds is 14. The molecular formula is C16H34Cl2HfO2. The third kappa shape index (κ3) is 12.5. The fourth-order valence-electron chi connectivity index (χ4n) is 2.27. The Bertz CT molecular complexity index is 218. The first kappa shape index (κ1) is 22.4. The fraction of sp³-hybridized carbons (Fsp3) is 1.00. The van der Waals surface area contributed by atoms with Crippen molar-refractivity contribution >= 4 is 17.2 Å². The SMILES string of the molecule is CCCCC(CC)C[O][Hf]([Cl])([Cl])[O]CC(CC)CCCC. The Kier molecular flexibility index (Phi) is 14.7. The Labute approximate surface area is 144 Å². The van der Waals surface area contributed by atoms with Crippen LogP contribution in [-0.4, -0.2) is 13.2 Å². The van der Waals surface area contributed by atoms with Crippen molar-refractivity contribution in [1.29, 1.82) is 0 Å². The van der Waals surface area contributed by atoms with Gasteiger partial charge >= 0.3 is 145 Å². The van der Waals surface area contributed by atoms with Crippen LogP contribution in [0.4, 0.5) is 0 Å². The maximum atomic E-state index is 6.35. The van der Waals surface area contributed by atoms with E-state index in [1.165, 1.54) is 38.5 Å². The van der Waals surface area contributed by atoms with Gasteiger partial charge in [-0.05, 0) is 0 Å². The molecule has 0 N–H and O–H groups in total. The van der Waals surface area contributed by atoms with Crippen molar-refractivity contribution in [3.63, 3.8) is 0 Å². The second-order valence-corrected chi connectivity index (χ2v) is 21.1. The molecule has 0 bridgehead atoms. The van der Waals surface area contributed by atoms with Crippen LogP contribution in [0.3, 0.4) is 0 Å². The number of unbranched alkanes of at least 4 members (excludes halogenated alkanes) is 2. The zero-order valence-corrected chi connectivity index (χ0v) is 19.4. The molecule has 0 spiro atoms. The molecule has 5 heteroatoms. The predicted molar refractivity (Wildman–Crippen MR) is 90.2 cm³/mol. The van der Waals surface area contributed by atoms with Gasteiger partial charge in [-0.1, -0.05) is 0 Å². The van der Waals surface area contributed by atoms with Crippen LogP contribution in [0.1, 0.15) is 79.1 Å². The van der Waals surface area contributed by atoms with E-state index < -0.39 is 18.5 Å². The van der Waals surface area contributed by atoms with E-state index in [1.54, 1.807) is 0 Å². The van der Waals surface area contributed by atoms with E-state index in [0.717, 1.165) is 12.8 Å². The minimum absolute atomic E-state index is 0.562. The van der Waals surface area contributed by atoms with Crippen molar-refractivity contribution in [1.82, 2.24) is 0 Å². The van der Waals surface area contributed by atoms with Crippen LogP contribution < -0.4 is 0 Å². The molecule has 0 rings (SSSR count). The molecule has 0 aliphatic heterocycles. The molecule has 0 aliphatic rings. The van der Waals surface area contributed by atoms with Crippen LogP contribution in [0, 0.1) is 11.8 Å². The van der Waals surface area contributed by atoms with E-state index in [1.807, 2.05) is 0 Å². The minimum atomic E-state index is -3.89. The fourth-order valence-corrected chi connectivity index (χ4v) is 7.72. The summed E-state index contributed by atoms with van der Waals surface area (Å²) in [5, 5.41) is 0. The van der Waals surface area contributed by atoms with Crippen molar-refractivity contribution in [2.75, 3.05) is 13.2 Å². The van der Waals surface area contributed by atoms with Gasteiger partial charge < -0.3 is 0 Å². The molecule has 0 saturated heterocycles. The molecule has 2 nitrogen and oxygen atoms in total. The van der Waals surface area contributed by atoms with Gasteiger partial charge in [-0.15, -0.1) is 0 Å². The van der Waals surface area contributed by atoms with Gasteiger partial charge in [0.25, 0.3) is 0 Å². The van der Waals surface area contributed by atoms with Crippen LogP contribution in [0.5, 0.6) is 0 Å². The summed E-state index contributed by atoms with van der Waals surface area (Å²) in [5.41, 5.74) is 0. The molecule has 0 aromatic heterocycles. The van der Waals surface area contributed by atoms with Crippen LogP contribution >= 0.6 is 17.2 Å². The summed E-state index contributed by atoms with van der Waals surface area (Å²) in [7, 11) is 12.7. The monoisotopic (exact) mass is 508 g/mol. The zero-order chi connectivity index (χ0) is 16.1. The van der Waals surface area contributed by atoms with Crippen LogP contribution in [0.25, 0.3) is 0 Å². The summed E-state index contributed by atoms with van der Waals surface area (Å²) in [4.78, 5) is 0. The third-order valence-corrected chi connectivity index (χ3v) is 11.2. The van der Waals surface area contributed by atoms with E-state index in [9.17, 15) is 0 Å². The normalized spacial score (nSPS) is 15.1. The van der Waals surface area contributed by atoms with E-state index >= 15 is 0 Å². The zero-order valence-electron chi connectivity index (χ0n) is 14.3. The molecule has 0 heterocycles. The molecule has 0 saturated carbocycles. The molecule has 0 amide bonds. The Morgan fingerprint density at radius 3 is 1.43 bits per heavy atom. The molecule has 0 aromatic carbocycles. The quantitative estimate of drug-likeness (QED) is 0.242.